The molecular formula is C16H16N2O3S. The largest absolute Gasteiger partial charge is 0.334 e. The Labute approximate surface area is 132 Å². The molecule has 0 radical (unpaired) electrons. The van der Waals surface area contributed by atoms with Crippen LogP contribution in [0.15, 0.2) is 29.7 Å². The highest BCUT2D eigenvalue weighted by atomic mass is 32.1. The molecule has 1 aromatic heterocycles. The zero-order chi connectivity index (χ0) is 15.3. The molecule has 0 aromatic carbocycles. The normalized spacial score (nSPS) is 28.0. The zero-order valence-corrected chi connectivity index (χ0v) is 12.8. The van der Waals surface area contributed by atoms with E-state index in [2.05, 4.69) is 0 Å². The third-order valence-corrected chi connectivity index (χ3v) is 5.65. The molecule has 2 saturated heterocycles. The van der Waals surface area contributed by atoms with Crippen molar-refractivity contribution in [2.45, 2.75) is 18.9 Å². The number of amides is 3. The van der Waals surface area contributed by atoms with Crippen LogP contribution in [0, 0.1) is 11.8 Å². The molecular weight excluding hydrogens is 300 g/mol. The van der Waals surface area contributed by atoms with E-state index in [4.69, 9.17) is 0 Å². The summed E-state index contributed by atoms with van der Waals surface area (Å²) >= 11 is 1.41. The van der Waals surface area contributed by atoms with Crippen molar-refractivity contribution in [3.63, 3.8) is 0 Å². The molecule has 6 heteroatoms. The van der Waals surface area contributed by atoms with E-state index in [-0.39, 0.29) is 35.6 Å². The van der Waals surface area contributed by atoms with Gasteiger partial charge in [-0.3, -0.25) is 19.3 Å². The van der Waals surface area contributed by atoms with E-state index >= 15 is 0 Å². The Morgan fingerprint density at radius 2 is 1.73 bits per heavy atom. The summed E-state index contributed by atoms with van der Waals surface area (Å²) in [6, 6.07) is 3.50. The molecule has 3 amide bonds. The Kier molecular flexibility index (Phi) is 3.14. The van der Waals surface area contributed by atoms with Crippen molar-refractivity contribution in [3.05, 3.63) is 34.5 Å². The van der Waals surface area contributed by atoms with Crippen molar-refractivity contribution in [1.29, 1.82) is 0 Å². The summed E-state index contributed by atoms with van der Waals surface area (Å²) in [7, 11) is 0. The number of hydrogen-bond donors (Lipinski definition) is 0. The number of carbonyl (C=O) groups excluding carboxylic acids is 3. The van der Waals surface area contributed by atoms with Gasteiger partial charge in [0, 0.05) is 13.1 Å². The minimum absolute atomic E-state index is 0.00979. The molecule has 0 spiro atoms. The number of fused-ring (bicyclic) bond motifs is 1. The highest BCUT2D eigenvalue weighted by molar-refractivity contribution is 7.12. The molecule has 2 atom stereocenters. The lowest BCUT2D eigenvalue weighted by Gasteiger charge is -2.43. The van der Waals surface area contributed by atoms with Gasteiger partial charge in [-0.05, 0) is 24.3 Å². The van der Waals surface area contributed by atoms with Crippen LogP contribution in [0.5, 0.6) is 0 Å². The first-order valence-electron chi connectivity index (χ1n) is 7.51. The maximum Gasteiger partial charge on any atom is 0.264 e. The number of rotatable bonds is 2. The van der Waals surface area contributed by atoms with Crippen molar-refractivity contribution in [2.24, 2.45) is 11.8 Å². The first-order chi connectivity index (χ1) is 10.7. The predicted molar refractivity (Wildman–Crippen MR) is 81.2 cm³/mol. The fourth-order valence-corrected chi connectivity index (χ4v) is 4.22. The van der Waals surface area contributed by atoms with Gasteiger partial charge in [-0.1, -0.05) is 18.2 Å². The molecule has 2 aliphatic heterocycles. The average Bonchev–Trinajstić information content (AvgIpc) is 3.09. The molecule has 1 aliphatic carbocycles. The molecule has 0 bridgehead atoms. The Morgan fingerprint density at radius 3 is 2.27 bits per heavy atom. The van der Waals surface area contributed by atoms with Crippen LogP contribution in [0.25, 0.3) is 0 Å². The van der Waals surface area contributed by atoms with E-state index < -0.39 is 0 Å². The third kappa shape index (κ3) is 1.94. The van der Waals surface area contributed by atoms with Crippen LogP contribution in [-0.2, 0) is 9.59 Å². The number of thiophene rings is 1. The van der Waals surface area contributed by atoms with E-state index in [0.717, 1.165) is 0 Å². The van der Waals surface area contributed by atoms with Crippen LogP contribution in [0.2, 0.25) is 0 Å². The fourth-order valence-electron chi connectivity index (χ4n) is 3.53. The van der Waals surface area contributed by atoms with E-state index in [1.807, 2.05) is 23.6 Å². The average molecular weight is 316 g/mol. The first kappa shape index (κ1) is 13.7. The van der Waals surface area contributed by atoms with Crippen molar-refractivity contribution < 1.29 is 14.4 Å². The Hall–Kier alpha value is -1.95. The second-order valence-corrected chi connectivity index (χ2v) is 6.99. The zero-order valence-electron chi connectivity index (χ0n) is 12.0. The second-order valence-electron chi connectivity index (χ2n) is 6.04. The molecule has 2 fully saturated rings. The fraction of sp³-hybridized carbons (Fsp3) is 0.438. The molecule has 22 heavy (non-hydrogen) atoms. The lowest BCUT2D eigenvalue weighted by molar-refractivity contribution is -0.145. The highest BCUT2D eigenvalue weighted by Crippen LogP contribution is 2.37. The third-order valence-electron chi connectivity index (χ3n) is 4.79. The highest BCUT2D eigenvalue weighted by Gasteiger charge is 2.52. The van der Waals surface area contributed by atoms with Crippen molar-refractivity contribution in [1.82, 2.24) is 9.80 Å². The molecule has 0 N–H and O–H groups in total. The summed E-state index contributed by atoms with van der Waals surface area (Å²) in [4.78, 5) is 41.0. The summed E-state index contributed by atoms with van der Waals surface area (Å²) in [6.07, 6.45) is 5.30. The van der Waals surface area contributed by atoms with Crippen LogP contribution >= 0.6 is 11.3 Å². The van der Waals surface area contributed by atoms with Gasteiger partial charge in [0.05, 0.1) is 22.8 Å². The van der Waals surface area contributed by atoms with Gasteiger partial charge in [-0.2, -0.15) is 0 Å². The first-order valence-corrected chi connectivity index (χ1v) is 8.39. The molecule has 4 rings (SSSR count). The minimum atomic E-state index is -0.181. The summed E-state index contributed by atoms with van der Waals surface area (Å²) in [5, 5.41) is 1.87. The van der Waals surface area contributed by atoms with E-state index in [1.54, 1.807) is 11.0 Å². The molecule has 3 aliphatic rings. The van der Waals surface area contributed by atoms with Gasteiger partial charge >= 0.3 is 0 Å². The minimum Gasteiger partial charge on any atom is -0.334 e. The van der Waals surface area contributed by atoms with Crippen molar-refractivity contribution in [2.75, 3.05) is 13.1 Å². The second kappa shape index (κ2) is 5.05. The summed E-state index contributed by atoms with van der Waals surface area (Å²) in [5.74, 6) is -0.469. The van der Waals surface area contributed by atoms with Gasteiger partial charge in [0.1, 0.15) is 0 Å². The predicted octanol–water partition coefficient (Wildman–Crippen LogP) is 1.52. The van der Waals surface area contributed by atoms with Gasteiger partial charge in [0.2, 0.25) is 11.8 Å². The summed E-state index contributed by atoms with van der Waals surface area (Å²) < 4.78 is 0. The van der Waals surface area contributed by atoms with E-state index in [1.165, 1.54) is 16.2 Å². The number of imide groups is 1. The molecule has 0 unspecified atom stereocenters. The number of likely N-dealkylation sites (tertiary alicyclic amines) is 2. The molecule has 5 nitrogen and oxygen atoms in total. The van der Waals surface area contributed by atoms with Gasteiger partial charge < -0.3 is 4.90 Å². The van der Waals surface area contributed by atoms with Gasteiger partial charge in [0.15, 0.2) is 0 Å². The van der Waals surface area contributed by atoms with Crippen LogP contribution in [0.1, 0.15) is 22.5 Å². The molecule has 0 saturated carbocycles. The van der Waals surface area contributed by atoms with Crippen LogP contribution in [0.4, 0.5) is 0 Å². The van der Waals surface area contributed by atoms with E-state index in [0.29, 0.717) is 30.8 Å². The van der Waals surface area contributed by atoms with Crippen molar-refractivity contribution >= 4 is 29.1 Å². The van der Waals surface area contributed by atoms with E-state index in [9.17, 15) is 14.4 Å². The quantitative estimate of drug-likeness (QED) is 0.614. The Bertz CT molecular complexity index is 635. The van der Waals surface area contributed by atoms with Crippen LogP contribution < -0.4 is 0 Å². The van der Waals surface area contributed by atoms with Crippen LogP contribution in [0.3, 0.4) is 0 Å². The Morgan fingerprint density at radius 1 is 1.09 bits per heavy atom. The number of hydrogen-bond acceptors (Lipinski definition) is 4. The molecule has 1 aromatic rings. The smallest absolute Gasteiger partial charge is 0.264 e. The van der Waals surface area contributed by atoms with Gasteiger partial charge in [-0.15, -0.1) is 11.3 Å². The van der Waals surface area contributed by atoms with Crippen LogP contribution in [-0.4, -0.2) is 46.7 Å². The number of carbonyl (C=O) groups is 3. The standard InChI is InChI=1S/C16H16N2O3S/c19-14-11-4-1-2-5-12(11)15(20)18(14)10-8-17(9-10)16(21)13-6-3-7-22-13/h1-3,6-7,10-12H,4-5,8-9H2/t11-,12+. The maximum atomic E-state index is 12.5. The van der Waals surface area contributed by atoms with Gasteiger partial charge in [0.25, 0.3) is 5.91 Å². The number of allylic oxidation sites excluding steroid dienone is 2. The Balaban J connectivity index is 1.44. The SMILES string of the molecule is O=C(c1cccs1)N1CC(N2C(=O)[C@H]3CC=CC[C@H]3C2=O)C1. The lowest BCUT2D eigenvalue weighted by Crippen LogP contribution is -2.62. The van der Waals surface area contributed by atoms with Crippen molar-refractivity contribution in [3.8, 4) is 0 Å². The summed E-state index contributed by atoms with van der Waals surface area (Å²) in [5.41, 5.74) is 0. The number of nitrogens with zero attached hydrogens (tertiary/aromatic N) is 2. The maximum absolute atomic E-state index is 12.5. The molecule has 3 heterocycles. The molecule has 114 valence electrons. The monoisotopic (exact) mass is 316 g/mol. The summed E-state index contributed by atoms with van der Waals surface area (Å²) in [6.45, 7) is 0.919. The van der Waals surface area contributed by atoms with Gasteiger partial charge in [-0.25, -0.2) is 0 Å². The lowest BCUT2D eigenvalue weighted by atomic mass is 9.85. The topological polar surface area (TPSA) is 57.7 Å².